The van der Waals surface area contributed by atoms with E-state index in [4.69, 9.17) is 20.8 Å². The molecule has 1 aromatic heterocycles. The van der Waals surface area contributed by atoms with Crippen LogP contribution >= 0.6 is 46.0 Å². The van der Waals surface area contributed by atoms with Crippen LogP contribution in [0.4, 0.5) is 0 Å². The van der Waals surface area contributed by atoms with E-state index >= 15 is 0 Å². The number of ether oxygens (including phenoxy) is 1. The molecule has 138 valence electrons. The number of furan rings is 1. The lowest BCUT2D eigenvalue weighted by atomic mass is 10.2. The Kier molecular flexibility index (Phi) is 6.81. The highest BCUT2D eigenvalue weighted by atomic mass is 127. The number of methoxy groups -OCH3 is 1. The Bertz CT molecular complexity index is 973. The minimum absolute atomic E-state index is 0.330. The van der Waals surface area contributed by atoms with Crippen LogP contribution < -0.4 is 10.2 Å². The maximum absolute atomic E-state index is 12.2. The fourth-order valence-corrected chi connectivity index (χ4v) is 3.56. The summed E-state index contributed by atoms with van der Waals surface area (Å²) in [6.45, 7) is 0. The fourth-order valence-electron chi connectivity index (χ4n) is 2.10. The van der Waals surface area contributed by atoms with E-state index in [1.165, 1.54) is 18.0 Å². The third kappa shape index (κ3) is 5.50. The first-order valence-corrected chi connectivity index (χ1v) is 10.0. The summed E-state index contributed by atoms with van der Waals surface area (Å²) >= 11 is 9.49. The number of nitrogens with zero attached hydrogens (tertiary/aromatic N) is 1. The van der Waals surface area contributed by atoms with Crippen molar-refractivity contribution in [3.63, 3.8) is 0 Å². The first kappa shape index (κ1) is 19.8. The van der Waals surface area contributed by atoms with Crippen LogP contribution in [-0.2, 0) is 0 Å². The number of hydrogen-bond donors (Lipinski definition) is 1. The third-order valence-corrected chi connectivity index (χ3v) is 5.48. The van der Waals surface area contributed by atoms with Crippen LogP contribution in [0.15, 0.2) is 74.1 Å². The molecule has 27 heavy (non-hydrogen) atoms. The highest BCUT2D eigenvalue weighted by molar-refractivity contribution is 14.1. The molecule has 0 atom stereocenters. The van der Waals surface area contributed by atoms with Crippen LogP contribution in [0, 0.1) is 3.57 Å². The molecule has 3 aromatic rings. The summed E-state index contributed by atoms with van der Waals surface area (Å²) in [5.41, 5.74) is 2.94. The van der Waals surface area contributed by atoms with Gasteiger partial charge >= 0.3 is 0 Å². The van der Waals surface area contributed by atoms with Gasteiger partial charge in [-0.1, -0.05) is 23.4 Å². The van der Waals surface area contributed by atoms with Crippen LogP contribution in [0.1, 0.15) is 16.1 Å². The van der Waals surface area contributed by atoms with Gasteiger partial charge in [-0.05, 0) is 77.2 Å². The van der Waals surface area contributed by atoms with Crippen molar-refractivity contribution < 1.29 is 13.9 Å². The molecular weight excluding hydrogens is 499 g/mol. The summed E-state index contributed by atoms with van der Waals surface area (Å²) < 4.78 is 11.8. The Morgan fingerprint density at radius 1 is 1.22 bits per heavy atom. The number of nitrogens with one attached hydrogen (secondary N) is 1. The molecule has 0 spiro atoms. The molecule has 0 saturated carbocycles. The third-order valence-electron chi connectivity index (χ3n) is 3.41. The van der Waals surface area contributed by atoms with Crippen molar-refractivity contribution in [2.24, 2.45) is 5.10 Å². The van der Waals surface area contributed by atoms with Gasteiger partial charge < -0.3 is 9.15 Å². The molecule has 1 N–H and O–H groups in total. The van der Waals surface area contributed by atoms with E-state index in [0.29, 0.717) is 27.2 Å². The number of halogens is 2. The van der Waals surface area contributed by atoms with Gasteiger partial charge in [-0.3, -0.25) is 4.79 Å². The molecule has 0 fully saturated rings. The zero-order valence-electron chi connectivity index (χ0n) is 14.1. The lowest BCUT2D eigenvalue weighted by Crippen LogP contribution is -2.17. The van der Waals surface area contributed by atoms with Crippen molar-refractivity contribution in [1.29, 1.82) is 0 Å². The quantitative estimate of drug-likeness (QED) is 0.271. The number of carbonyl (C=O) groups is 1. The maximum atomic E-state index is 12.2. The Hall–Kier alpha value is -1.97. The van der Waals surface area contributed by atoms with E-state index < -0.39 is 0 Å². The van der Waals surface area contributed by atoms with Crippen LogP contribution in [0.25, 0.3) is 0 Å². The average molecular weight is 513 g/mol. The average Bonchev–Trinajstić information content (AvgIpc) is 3.11. The first-order chi connectivity index (χ1) is 13.0. The number of amides is 1. The molecule has 8 heteroatoms. The zero-order valence-corrected chi connectivity index (χ0v) is 17.8. The van der Waals surface area contributed by atoms with E-state index in [1.807, 2.05) is 36.4 Å². The highest BCUT2D eigenvalue weighted by Gasteiger charge is 2.08. The normalized spacial score (nSPS) is 10.9. The topological polar surface area (TPSA) is 63.8 Å². The molecule has 3 rings (SSSR count). The first-order valence-electron chi connectivity index (χ1n) is 7.75. The minimum atomic E-state index is -0.330. The lowest BCUT2D eigenvalue weighted by molar-refractivity contribution is 0.0954. The molecule has 1 amide bonds. The predicted octanol–water partition coefficient (Wildman–Crippen LogP) is 5.46. The Balaban J connectivity index is 1.59. The zero-order chi connectivity index (χ0) is 19.2. The van der Waals surface area contributed by atoms with Gasteiger partial charge in [-0.25, -0.2) is 5.43 Å². The smallest absolute Gasteiger partial charge is 0.271 e. The second kappa shape index (κ2) is 9.29. The van der Waals surface area contributed by atoms with Crippen molar-refractivity contribution in [2.45, 2.75) is 9.99 Å². The van der Waals surface area contributed by atoms with Gasteiger partial charge in [-0.15, -0.1) is 0 Å². The van der Waals surface area contributed by atoms with E-state index in [9.17, 15) is 4.79 Å². The largest absolute Gasteiger partial charge is 0.496 e. The molecule has 0 unspecified atom stereocenters. The summed E-state index contributed by atoms with van der Waals surface area (Å²) in [5.74, 6) is 0.845. The van der Waals surface area contributed by atoms with Gasteiger partial charge in [0, 0.05) is 15.5 Å². The molecule has 0 saturated heterocycles. The van der Waals surface area contributed by atoms with E-state index in [0.717, 1.165) is 8.47 Å². The fraction of sp³-hybridized carbons (Fsp3) is 0.0526. The van der Waals surface area contributed by atoms with E-state index in [2.05, 4.69) is 33.1 Å². The predicted molar refractivity (Wildman–Crippen MR) is 115 cm³/mol. The molecule has 0 aliphatic heterocycles. The van der Waals surface area contributed by atoms with Gasteiger partial charge in [0.25, 0.3) is 5.91 Å². The molecule has 2 aromatic carbocycles. The van der Waals surface area contributed by atoms with Gasteiger partial charge in [0.2, 0.25) is 0 Å². The SMILES string of the molecule is COc1cc(C(=O)N/N=C/c2ccc(Sc3ccc(Cl)cc3)o2)ccc1I. The lowest BCUT2D eigenvalue weighted by Gasteiger charge is -2.05. The molecule has 5 nitrogen and oxygen atoms in total. The maximum Gasteiger partial charge on any atom is 0.271 e. The summed E-state index contributed by atoms with van der Waals surface area (Å²) in [7, 11) is 1.56. The molecule has 0 radical (unpaired) electrons. The van der Waals surface area contributed by atoms with Crippen molar-refractivity contribution >= 4 is 58.1 Å². The Morgan fingerprint density at radius 3 is 2.74 bits per heavy atom. The Labute approximate surface area is 179 Å². The van der Waals surface area contributed by atoms with Crippen LogP contribution in [-0.4, -0.2) is 19.2 Å². The Morgan fingerprint density at radius 2 is 2.00 bits per heavy atom. The monoisotopic (exact) mass is 512 g/mol. The number of carbonyl (C=O) groups excluding carboxylic acids is 1. The van der Waals surface area contributed by atoms with Crippen molar-refractivity contribution in [3.05, 3.63) is 74.5 Å². The summed E-state index contributed by atoms with van der Waals surface area (Å²) in [5, 5.41) is 5.34. The van der Waals surface area contributed by atoms with Crippen molar-refractivity contribution in [2.75, 3.05) is 7.11 Å². The van der Waals surface area contributed by atoms with Crippen molar-refractivity contribution in [1.82, 2.24) is 5.43 Å². The minimum Gasteiger partial charge on any atom is -0.496 e. The standard InChI is InChI=1S/C19H14ClIN2O3S/c1-25-17-10-12(2-8-16(17)21)19(24)23-22-11-14-5-9-18(26-14)27-15-6-3-13(20)4-7-15/h2-11H,1H3,(H,23,24)/b22-11+. The van der Waals surface area contributed by atoms with Crippen LogP contribution in [0.5, 0.6) is 5.75 Å². The highest BCUT2D eigenvalue weighted by Crippen LogP contribution is 2.29. The summed E-state index contributed by atoms with van der Waals surface area (Å²) in [4.78, 5) is 13.2. The van der Waals surface area contributed by atoms with E-state index in [-0.39, 0.29) is 5.91 Å². The second-order valence-electron chi connectivity index (χ2n) is 5.26. The molecule has 0 bridgehead atoms. The number of hydrazone groups is 1. The van der Waals surface area contributed by atoms with Gasteiger partial charge in [0.15, 0.2) is 5.09 Å². The molecule has 1 heterocycles. The summed E-state index contributed by atoms with van der Waals surface area (Å²) in [6.07, 6.45) is 1.45. The number of benzene rings is 2. The van der Waals surface area contributed by atoms with Crippen LogP contribution in [0.3, 0.4) is 0 Å². The van der Waals surface area contributed by atoms with Gasteiger partial charge in [0.1, 0.15) is 11.5 Å². The molecule has 0 aliphatic carbocycles. The van der Waals surface area contributed by atoms with E-state index in [1.54, 1.807) is 25.3 Å². The van der Waals surface area contributed by atoms with Crippen molar-refractivity contribution in [3.8, 4) is 5.75 Å². The number of hydrogen-bond acceptors (Lipinski definition) is 5. The van der Waals surface area contributed by atoms with Gasteiger partial charge in [-0.2, -0.15) is 5.10 Å². The number of rotatable bonds is 6. The second-order valence-corrected chi connectivity index (χ2v) is 7.94. The summed E-state index contributed by atoms with van der Waals surface area (Å²) in [6, 6.07) is 16.3. The molecule has 0 aliphatic rings. The molecular formula is C19H14ClIN2O3S. The van der Waals surface area contributed by atoms with Gasteiger partial charge in [0.05, 0.1) is 16.9 Å². The van der Waals surface area contributed by atoms with Crippen LogP contribution in [0.2, 0.25) is 5.02 Å².